The van der Waals surface area contributed by atoms with Gasteiger partial charge in [0.1, 0.15) is 0 Å². The molecule has 1 aromatic heterocycles. The van der Waals surface area contributed by atoms with E-state index in [9.17, 15) is 8.42 Å². The summed E-state index contributed by atoms with van der Waals surface area (Å²) in [4.78, 5) is 12.0. The molecule has 3 aromatic rings. The van der Waals surface area contributed by atoms with Crippen molar-refractivity contribution in [2.24, 2.45) is 5.92 Å². The lowest BCUT2D eigenvalue weighted by Gasteiger charge is -2.29. The second kappa shape index (κ2) is 8.79. The minimum absolute atomic E-state index is 0.185. The summed E-state index contributed by atoms with van der Waals surface area (Å²) >= 11 is 0. The predicted molar refractivity (Wildman–Crippen MR) is 127 cm³/mol. The number of rotatable bonds is 5. The van der Waals surface area contributed by atoms with Gasteiger partial charge in [-0.15, -0.1) is 0 Å². The standard InChI is InChI=1S/C25H30N4O2S/c1-29-15-13-18(14-16-29)17-26-25-27-22-11-5-4-10-21(22)24(28-25)32(30,31)23-12-6-8-19-7-2-3-9-20(19)23/h2-3,6-9,12,18H,4-5,10-11,13-17H2,1H3,(H,26,27,28). The summed E-state index contributed by atoms with van der Waals surface area (Å²) in [5.74, 6) is 1.01. The van der Waals surface area contributed by atoms with Gasteiger partial charge in [-0.2, -0.15) is 0 Å². The first kappa shape index (κ1) is 21.3. The van der Waals surface area contributed by atoms with Crippen LogP contribution in [0.15, 0.2) is 52.4 Å². The van der Waals surface area contributed by atoms with Gasteiger partial charge in [0.25, 0.3) is 0 Å². The number of aryl methyl sites for hydroxylation is 1. The van der Waals surface area contributed by atoms with Gasteiger partial charge in [0.2, 0.25) is 15.8 Å². The number of nitrogens with one attached hydrogen (secondary N) is 1. The summed E-state index contributed by atoms with van der Waals surface area (Å²) in [7, 11) is -1.62. The van der Waals surface area contributed by atoms with Gasteiger partial charge in [-0.05, 0) is 76.0 Å². The van der Waals surface area contributed by atoms with E-state index in [1.165, 1.54) is 0 Å². The highest BCUT2D eigenvalue weighted by atomic mass is 32.2. The zero-order valence-corrected chi connectivity index (χ0v) is 19.4. The largest absolute Gasteiger partial charge is 0.354 e. The van der Waals surface area contributed by atoms with Crippen LogP contribution >= 0.6 is 0 Å². The quantitative estimate of drug-likeness (QED) is 0.590. The average Bonchev–Trinajstić information content (AvgIpc) is 2.82. The van der Waals surface area contributed by atoms with Gasteiger partial charge in [-0.25, -0.2) is 18.4 Å². The Kier molecular flexibility index (Phi) is 5.86. The number of aromatic nitrogens is 2. The fourth-order valence-corrected chi connectivity index (χ4v) is 6.59. The van der Waals surface area contributed by atoms with Crippen LogP contribution in [-0.4, -0.2) is 50.0 Å². The third-order valence-electron chi connectivity index (χ3n) is 6.83. The summed E-state index contributed by atoms with van der Waals surface area (Å²) in [6.07, 6.45) is 5.79. The van der Waals surface area contributed by atoms with E-state index in [1.54, 1.807) is 6.07 Å². The lowest BCUT2D eigenvalue weighted by atomic mass is 9.97. The van der Waals surface area contributed by atoms with E-state index in [0.29, 0.717) is 23.2 Å². The molecular weight excluding hydrogens is 420 g/mol. The number of benzene rings is 2. The first-order valence-electron chi connectivity index (χ1n) is 11.6. The van der Waals surface area contributed by atoms with Crippen LogP contribution in [0, 0.1) is 5.92 Å². The molecule has 0 bridgehead atoms. The molecule has 1 fully saturated rings. The van der Waals surface area contributed by atoms with Crippen molar-refractivity contribution < 1.29 is 8.42 Å². The molecular formula is C25H30N4O2S. The van der Waals surface area contributed by atoms with Crippen LogP contribution in [0.4, 0.5) is 5.95 Å². The highest BCUT2D eigenvalue weighted by Gasteiger charge is 2.29. The summed E-state index contributed by atoms with van der Waals surface area (Å²) in [5, 5.41) is 5.21. The molecule has 2 aromatic carbocycles. The lowest BCUT2D eigenvalue weighted by Crippen LogP contribution is -2.33. The van der Waals surface area contributed by atoms with Crippen LogP contribution < -0.4 is 5.32 Å². The first-order chi connectivity index (χ1) is 15.5. The summed E-state index contributed by atoms with van der Waals surface area (Å²) in [6, 6.07) is 13.1. The SMILES string of the molecule is CN1CCC(CNc2nc3c(c(S(=O)(=O)c4cccc5ccccc45)n2)CCCC3)CC1. The monoisotopic (exact) mass is 450 g/mol. The number of likely N-dealkylation sites (tertiary alicyclic amines) is 1. The number of hydrogen-bond donors (Lipinski definition) is 1. The van der Waals surface area contributed by atoms with Crippen molar-refractivity contribution in [1.82, 2.24) is 14.9 Å². The number of anilines is 1. The van der Waals surface area contributed by atoms with E-state index in [4.69, 9.17) is 4.98 Å². The van der Waals surface area contributed by atoms with Crippen molar-refractivity contribution in [2.75, 3.05) is 32.0 Å². The zero-order chi connectivity index (χ0) is 22.1. The van der Waals surface area contributed by atoms with Gasteiger partial charge in [0.15, 0.2) is 5.03 Å². The van der Waals surface area contributed by atoms with Crippen molar-refractivity contribution in [2.45, 2.75) is 48.4 Å². The molecule has 0 amide bonds. The van der Waals surface area contributed by atoms with E-state index in [-0.39, 0.29) is 5.03 Å². The first-order valence-corrected chi connectivity index (χ1v) is 13.1. The zero-order valence-electron chi connectivity index (χ0n) is 18.5. The Labute approximate surface area is 190 Å². The van der Waals surface area contributed by atoms with E-state index in [0.717, 1.165) is 73.8 Å². The van der Waals surface area contributed by atoms with Crippen molar-refractivity contribution in [1.29, 1.82) is 0 Å². The van der Waals surface area contributed by atoms with Crippen LogP contribution in [0.25, 0.3) is 10.8 Å². The maximum absolute atomic E-state index is 13.9. The topological polar surface area (TPSA) is 75.2 Å². The van der Waals surface area contributed by atoms with Crippen LogP contribution in [-0.2, 0) is 22.7 Å². The molecule has 1 aliphatic carbocycles. The summed E-state index contributed by atoms with van der Waals surface area (Å²) < 4.78 is 27.8. The fraction of sp³-hybridized carbons (Fsp3) is 0.440. The third kappa shape index (κ3) is 4.11. The van der Waals surface area contributed by atoms with E-state index < -0.39 is 9.84 Å². The van der Waals surface area contributed by atoms with Gasteiger partial charge in [0, 0.05) is 17.5 Å². The predicted octanol–water partition coefficient (Wildman–Crippen LogP) is 4.10. The van der Waals surface area contributed by atoms with Crippen LogP contribution in [0.3, 0.4) is 0 Å². The molecule has 0 saturated carbocycles. The molecule has 0 atom stereocenters. The molecule has 7 heteroatoms. The Hall–Kier alpha value is -2.51. The average molecular weight is 451 g/mol. The molecule has 5 rings (SSSR count). The van der Waals surface area contributed by atoms with Gasteiger partial charge in [-0.1, -0.05) is 36.4 Å². The number of hydrogen-bond acceptors (Lipinski definition) is 6. The molecule has 6 nitrogen and oxygen atoms in total. The number of nitrogens with zero attached hydrogens (tertiary/aromatic N) is 3. The minimum Gasteiger partial charge on any atom is -0.354 e. The summed E-state index contributed by atoms with van der Waals surface area (Å²) in [5.41, 5.74) is 1.69. The van der Waals surface area contributed by atoms with E-state index in [1.807, 2.05) is 36.4 Å². The molecule has 1 N–H and O–H groups in total. The number of fused-ring (bicyclic) bond motifs is 2. The second-order valence-electron chi connectivity index (χ2n) is 9.09. The van der Waals surface area contributed by atoms with Gasteiger partial charge in [0.05, 0.1) is 10.6 Å². The van der Waals surface area contributed by atoms with Gasteiger partial charge in [-0.3, -0.25) is 0 Å². The van der Waals surface area contributed by atoms with Crippen molar-refractivity contribution in [3.05, 3.63) is 53.7 Å². The lowest BCUT2D eigenvalue weighted by molar-refractivity contribution is 0.226. The molecule has 0 radical (unpaired) electrons. The highest BCUT2D eigenvalue weighted by Crippen LogP contribution is 2.33. The Balaban J connectivity index is 1.53. The Bertz CT molecular complexity index is 1230. The molecule has 32 heavy (non-hydrogen) atoms. The Morgan fingerprint density at radius 1 is 1.00 bits per heavy atom. The maximum atomic E-state index is 13.9. The third-order valence-corrected chi connectivity index (χ3v) is 8.61. The Morgan fingerprint density at radius 2 is 1.75 bits per heavy atom. The number of piperidine rings is 1. The Morgan fingerprint density at radius 3 is 2.59 bits per heavy atom. The van der Waals surface area contributed by atoms with Crippen molar-refractivity contribution in [3.8, 4) is 0 Å². The van der Waals surface area contributed by atoms with Crippen LogP contribution in [0.5, 0.6) is 0 Å². The molecule has 0 unspecified atom stereocenters. The minimum atomic E-state index is -3.78. The number of sulfone groups is 1. The van der Waals surface area contributed by atoms with Crippen LogP contribution in [0.2, 0.25) is 0 Å². The molecule has 1 aliphatic heterocycles. The van der Waals surface area contributed by atoms with Crippen LogP contribution in [0.1, 0.15) is 36.9 Å². The molecule has 168 valence electrons. The molecule has 2 aliphatic rings. The fourth-order valence-electron chi connectivity index (χ4n) is 4.90. The summed E-state index contributed by atoms with van der Waals surface area (Å²) in [6.45, 7) is 2.97. The van der Waals surface area contributed by atoms with E-state index in [2.05, 4.69) is 22.2 Å². The van der Waals surface area contributed by atoms with Gasteiger partial charge < -0.3 is 10.2 Å². The highest BCUT2D eigenvalue weighted by molar-refractivity contribution is 7.91. The maximum Gasteiger partial charge on any atom is 0.224 e. The molecule has 2 heterocycles. The second-order valence-corrected chi connectivity index (χ2v) is 10.9. The molecule has 1 saturated heterocycles. The van der Waals surface area contributed by atoms with E-state index >= 15 is 0 Å². The van der Waals surface area contributed by atoms with Gasteiger partial charge >= 0.3 is 0 Å². The smallest absolute Gasteiger partial charge is 0.224 e. The normalized spacial score (nSPS) is 17.9. The molecule has 0 spiro atoms. The van der Waals surface area contributed by atoms with Crippen molar-refractivity contribution >= 4 is 26.6 Å². The van der Waals surface area contributed by atoms with Crippen molar-refractivity contribution in [3.63, 3.8) is 0 Å².